The van der Waals surface area contributed by atoms with Gasteiger partial charge in [-0.15, -0.1) is 11.3 Å². The van der Waals surface area contributed by atoms with E-state index in [1.807, 2.05) is 0 Å². The van der Waals surface area contributed by atoms with Crippen LogP contribution in [-0.4, -0.2) is 48.6 Å². The van der Waals surface area contributed by atoms with Crippen LogP contribution in [0.4, 0.5) is 0 Å². The van der Waals surface area contributed by atoms with Crippen LogP contribution in [0.5, 0.6) is 0 Å². The van der Waals surface area contributed by atoms with Gasteiger partial charge in [0.25, 0.3) is 0 Å². The molecule has 0 aliphatic rings. The monoisotopic (exact) mass is 328 g/mol. The molecule has 0 unspecified atom stereocenters. The van der Waals surface area contributed by atoms with Gasteiger partial charge < -0.3 is 14.4 Å². The minimum Gasteiger partial charge on any atom is -0.461 e. The van der Waals surface area contributed by atoms with E-state index in [1.165, 1.54) is 11.3 Å². The summed E-state index contributed by atoms with van der Waals surface area (Å²) < 4.78 is 9.97. The zero-order chi connectivity index (χ0) is 16.4. The lowest BCUT2D eigenvalue weighted by molar-refractivity contribution is -0.132. The number of hydrogen-bond donors (Lipinski definition) is 0. The minimum atomic E-state index is -0.425. The molecule has 6 nitrogen and oxygen atoms in total. The summed E-state index contributed by atoms with van der Waals surface area (Å²) in [5.74, 6) is -0.336. The first-order valence-electron chi connectivity index (χ1n) is 7.50. The third-order valence-corrected chi connectivity index (χ3v) is 3.86. The number of hydrogen-bond acceptors (Lipinski definition) is 6. The number of rotatable bonds is 10. The molecule has 1 aromatic rings. The number of amides is 1. The average molecular weight is 328 g/mol. The Morgan fingerprint density at radius 3 is 2.77 bits per heavy atom. The van der Waals surface area contributed by atoms with Crippen LogP contribution in [0.3, 0.4) is 0 Å². The predicted octanol–water partition coefficient (Wildman–Crippen LogP) is 2.49. The van der Waals surface area contributed by atoms with E-state index in [1.54, 1.807) is 24.3 Å². The molecule has 0 aromatic carbocycles. The lowest BCUT2D eigenvalue weighted by atomic mass is 10.2. The van der Waals surface area contributed by atoms with Crippen molar-refractivity contribution in [2.24, 2.45) is 0 Å². The molecule has 0 saturated carbocycles. The van der Waals surface area contributed by atoms with Crippen molar-refractivity contribution >= 4 is 23.2 Å². The predicted molar refractivity (Wildman–Crippen MR) is 84.9 cm³/mol. The fraction of sp³-hybridized carbons (Fsp3) is 0.667. The lowest BCUT2D eigenvalue weighted by Crippen LogP contribution is -2.33. The van der Waals surface area contributed by atoms with Crippen molar-refractivity contribution in [2.45, 2.75) is 39.7 Å². The van der Waals surface area contributed by atoms with Gasteiger partial charge in [0, 0.05) is 25.5 Å². The Bertz CT molecular complexity index is 476. The smallest absolute Gasteiger partial charge is 0.357 e. The van der Waals surface area contributed by atoms with E-state index in [-0.39, 0.29) is 5.91 Å². The van der Waals surface area contributed by atoms with Gasteiger partial charge in [-0.05, 0) is 13.3 Å². The Morgan fingerprint density at radius 2 is 2.14 bits per heavy atom. The molecular formula is C15H24N2O4S. The molecule has 1 aromatic heterocycles. The number of aromatic nitrogens is 1. The molecule has 1 heterocycles. The van der Waals surface area contributed by atoms with Crippen molar-refractivity contribution in [3.63, 3.8) is 0 Å². The summed E-state index contributed by atoms with van der Waals surface area (Å²) in [6.45, 7) is 5.53. The molecule has 0 bridgehead atoms. The van der Waals surface area contributed by atoms with E-state index in [0.717, 1.165) is 17.8 Å². The lowest BCUT2D eigenvalue weighted by Gasteiger charge is -2.21. The van der Waals surface area contributed by atoms with E-state index in [9.17, 15) is 9.59 Å². The number of thiazole rings is 1. The van der Waals surface area contributed by atoms with Gasteiger partial charge in [0.2, 0.25) is 5.91 Å². The molecule has 0 aliphatic carbocycles. The fourth-order valence-corrected chi connectivity index (χ4v) is 2.60. The SMILES string of the molecule is CCCCC(=O)N(CCOC)Cc1nc(C(=O)OCC)cs1. The Morgan fingerprint density at radius 1 is 1.36 bits per heavy atom. The standard InChI is InChI=1S/C15H24N2O4S/c1-4-6-7-14(18)17(8-9-20-3)10-13-16-12(11-22-13)15(19)21-5-2/h11H,4-10H2,1-3H3. The molecule has 22 heavy (non-hydrogen) atoms. The van der Waals surface area contributed by atoms with Crippen molar-refractivity contribution in [3.8, 4) is 0 Å². The zero-order valence-corrected chi connectivity index (χ0v) is 14.3. The summed E-state index contributed by atoms with van der Waals surface area (Å²) in [5.41, 5.74) is 0.301. The molecule has 0 N–H and O–H groups in total. The Hall–Kier alpha value is -1.47. The molecule has 0 spiro atoms. The van der Waals surface area contributed by atoms with Gasteiger partial charge in [0.15, 0.2) is 5.69 Å². The fourth-order valence-electron chi connectivity index (χ4n) is 1.83. The van der Waals surface area contributed by atoms with E-state index in [4.69, 9.17) is 9.47 Å². The quantitative estimate of drug-likeness (QED) is 0.617. The van der Waals surface area contributed by atoms with Crippen molar-refractivity contribution in [3.05, 3.63) is 16.1 Å². The summed E-state index contributed by atoms with van der Waals surface area (Å²) >= 11 is 1.36. The van der Waals surface area contributed by atoms with Gasteiger partial charge in [0.1, 0.15) is 5.01 Å². The normalized spacial score (nSPS) is 10.5. The number of carbonyl (C=O) groups is 2. The number of nitrogens with zero attached hydrogens (tertiary/aromatic N) is 2. The highest BCUT2D eigenvalue weighted by Crippen LogP contribution is 2.14. The highest BCUT2D eigenvalue weighted by molar-refractivity contribution is 7.09. The van der Waals surface area contributed by atoms with E-state index < -0.39 is 5.97 Å². The summed E-state index contributed by atoms with van der Waals surface area (Å²) in [7, 11) is 1.61. The number of carbonyl (C=O) groups excluding carboxylic acids is 2. The van der Waals surface area contributed by atoms with Crippen LogP contribution in [0.25, 0.3) is 0 Å². The van der Waals surface area contributed by atoms with Gasteiger partial charge >= 0.3 is 5.97 Å². The second-order valence-electron chi connectivity index (χ2n) is 4.76. The van der Waals surface area contributed by atoms with Crippen LogP contribution >= 0.6 is 11.3 Å². The number of esters is 1. The maximum Gasteiger partial charge on any atom is 0.357 e. The molecule has 0 aliphatic heterocycles. The number of unbranched alkanes of at least 4 members (excludes halogenated alkanes) is 1. The molecular weight excluding hydrogens is 304 g/mol. The van der Waals surface area contributed by atoms with Gasteiger partial charge in [0.05, 0.1) is 19.8 Å². The highest BCUT2D eigenvalue weighted by Gasteiger charge is 2.17. The molecule has 1 rings (SSSR count). The van der Waals surface area contributed by atoms with Gasteiger partial charge in [-0.25, -0.2) is 9.78 Å². The average Bonchev–Trinajstić information content (AvgIpc) is 2.98. The van der Waals surface area contributed by atoms with Crippen molar-refractivity contribution in [2.75, 3.05) is 26.9 Å². The van der Waals surface area contributed by atoms with E-state index in [0.29, 0.717) is 38.4 Å². The van der Waals surface area contributed by atoms with Crippen LogP contribution in [0, 0.1) is 0 Å². The van der Waals surface area contributed by atoms with Crippen molar-refractivity contribution in [1.29, 1.82) is 0 Å². The molecule has 0 atom stereocenters. The number of methoxy groups -OCH3 is 1. The summed E-state index contributed by atoms with van der Waals surface area (Å²) in [6.07, 6.45) is 2.37. The Labute approximate surface area is 135 Å². The molecule has 1 amide bonds. The first-order chi connectivity index (χ1) is 10.6. The first kappa shape index (κ1) is 18.6. The second kappa shape index (κ2) is 10.3. The third-order valence-electron chi connectivity index (χ3n) is 3.02. The van der Waals surface area contributed by atoms with Crippen LogP contribution in [-0.2, 0) is 20.8 Å². The van der Waals surface area contributed by atoms with Crippen LogP contribution in [0.2, 0.25) is 0 Å². The largest absolute Gasteiger partial charge is 0.461 e. The Kier molecular flexibility index (Phi) is 8.69. The molecule has 0 saturated heterocycles. The van der Waals surface area contributed by atoms with Crippen molar-refractivity contribution in [1.82, 2.24) is 9.88 Å². The maximum absolute atomic E-state index is 12.2. The maximum atomic E-state index is 12.2. The minimum absolute atomic E-state index is 0.0896. The van der Waals surface area contributed by atoms with Gasteiger partial charge in [-0.1, -0.05) is 13.3 Å². The summed E-state index contributed by atoms with van der Waals surface area (Å²) in [5, 5.41) is 2.39. The van der Waals surface area contributed by atoms with Crippen LogP contribution < -0.4 is 0 Å². The molecule has 124 valence electrons. The van der Waals surface area contributed by atoms with Crippen LogP contribution in [0.1, 0.15) is 48.6 Å². The molecule has 0 radical (unpaired) electrons. The van der Waals surface area contributed by atoms with Crippen molar-refractivity contribution < 1.29 is 19.1 Å². The van der Waals surface area contributed by atoms with E-state index in [2.05, 4.69) is 11.9 Å². The second-order valence-corrected chi connectivity index (χ2v) is 5.70. The summed E-state index contributed by atoms with van der Waals surface area (Å²) in [6, 6.07) is 0. The van der Waals surface area contributed by atoms with E-state index >= 15 is 0 Å². The molecule has 0 fully saturated rings. The Balaban J connectivity index is 2.68. The third kappa shape index (κ3) is 6.11. The van der Waals surface area contributed by atoms with Gasteiger partial charge in [-0.2, -0.15) is 0 Å². The number of ether oxygens (including phenoxy) is 2. The first-order valence-corrected chi connectivity index (χ1v) is 8.38. The summed E-state index contributed by atoms with van der Waals surface area (Å²) in [4.78, 5) is 29.8. The molecule has 7 heteroatoms. The van der Waals surface area contributed by atoms with Gasteiger partial charge in [-0.3, -0.25) is 4.79 Å². The highest BCUT2D eigenvalue weighted by atomic mass is 32.1. The van der Waals surface area contributed by atoms with Crippen LogP contribution in [0.15, 0.2) is 5.38 Å². The zero-order valence-electron chi connectivity index (χ0n) is 13.5. The topological polar surface area (TPSA) is 68.7 Å².